The van der Waals surface area contributed by atoms with Crippen LogP contribution in [0.5, 0.6) is 0 Å². The summed E-state index contributed by atoms with van der Waals surface area (Å²) in [7, 11) is 0. The van der Waals surface area contributed by atoms with Gasteiger partial charge in [-0.25, -0.2) is 4.79 Å². The second-order valence-electron chi connectivity index (χ2n) is 11.7. The Morgan fingerprint density at radius 1 is 1.12 bits per heavy atom. The van der Waals surface area contributed by atoms with Crippen molar-refractivity contribution in [2.45, 2.75) is 89.5 Å². The molecular formula is C26H32O7. The smallest absolute Gasteiger partial charge is 0.339 e. The van der Waals surface area contributed by atoms with Crippen LogP contribution in [0.3, 0.4) is 0 Å². The molecule has 9 atom stereocenters. The van der Waals surface area contributed by atoms with Crippen LogP contribution in [0.2, 0.25) is 0 Å². The fourth-order valence-electron chi connectivity index (χ4n) is 8.84. The summed E-state index contributed by atoms with van der Waals surface area (Å²) in [5.74, 6) is -0.917. The van der Waals surface area contributed by atoms with Gasteiger partial charge in [0.25, 0.3) is 0 Å². The minimum Gasteiger partial charge on any atom is -0.472 e. The van der Waals surface area contributed by atoms with Crippen LogP contribution in [0, 0.1) is 22.2 Å². The van der Waals surface area contributed by atoms with Gasteiger partial charge in [-0.1, -0.05) is 32.9 Å². The zero-order chi connectivity index (χ0) is 23.8. The molecule has 0 radical (unpaired) electrons. The molecule has 2 aliphatic carbocycles. The molecule has 5 unspecified atom stereocenters. The van der Waals surface area contributed by atoms with E-state index in [9.17, 15) is 14.7 Å². The largest absolute Gasteiger partial charge is 0.472 e. The zero-order valence-electron chi connectivity index (χ0n) is 20.0. The SMILES string of the molecule is C/C=C/[C@]1(C)C2CC[C@@]3(C)[C@H](c4ccoc4)OC(=O)C4OC43[C@]2(C)C(O)C(=O)C12OC2(C)C. The van der Waals surface area contributed by atoms with E-state index >= 15 is 0 Å². The Kier molecular flexibility index (Phi) is 3.80. The number of cyclic esters (lactones) is 1. The lowest BCUT2D eigenvalue weighted by atomic mass is 9.37. The summed E-state index contributed by atoms with van der Waals surface area (Å²) < 4.78 is 23.7. The molecular weight excluding hydrogens is 424 g/mol. The predicted octanol–water partition coefficient (Wildman–Crippen LogP) is 3.51. The van der Waals surface area contributed by atoms with E-state index in [1.165, 1.54) is 0 Å². The fourth-order valence-corrected chi connectivity index (χ4v) is 8.84. The van der Waals surface area contributed by atoms with Crippen molar-refractivity contribution in [2.24, 2.45) is 22.2 Å². The molecule has 1 aromatic heterocycles. The molecule has 0 aromatic carbocycles. The molecule has 7 heteroatoms. The van der Waals surface area contributed by atoms with E-state index < -0.39 is 57.3 Å². The summed E-state index contributed by atoms with van der Waals surface area (Å²) in [6, 6.07) is 1.80. The number of fused-ring (bicyclic) bond motifs is 1. The maximum Gasteiger partial charge on any atom is 0.339 e. The molecule has 2 spiro atoms. The molecule has 5 fully saturated rings. The predicted molar refractivity (Wildman–Crippen MR) is 116 cm³/mol. The number of epoxide rings is 2. The number of esters is 1. The molecule has 2 saturated carbocycles. The van der Waals surface area contributed by atoms with E-state index in [0.29, 0.717) is 6.42 Å². The highest BCUT2D eigenvalue weighted by Crippen LogP contribution is 2.81. The average molecular weight is 457 g/mol. The monoisotopic (exact) mass is 456 g/mol. The van der Waals surface area contributed by atoms with Gasteiger partial charge in [0.05, 0.1) is 12.5 Å². The van der Waals surface area contributed by atoms with Gasteiger partial charge in [0.1, 0.15) is 23.4 Å². The van der Waals surface area contributed by atoms with Crippen LogP contribution in [-0.2, 0) is 23.8 Å². The van der Waals surface area contributed by atoms with E-state index in [-0.39, 0.29) is 11.7 Å². The van der Waals surface area contributed by atoms with Crippen LogP contribution < -0.4 is 0 Å². The first kappa shape index (κ1) is 21.6. The highest BCUT2D eigenvalue weighted by molar-refractivity contribution is 5.99. The van der Waals surface area contributed by atoms with Gasteiger partial charge in [-0.05, 0) is 45.6 Å². The minimum atomic E-state index is -1.33. The van der Waals surface area contributed by atoms with E-state index in [0.717, 1.165) is 12.0 Å². The third kappa shape index (κ3) is 1.95. The van der Waals surface area contributed by atoms with Gasteiger partial charge in [0.15, 0.2) is 17.5 Å². The van der Waals surface area contributed by atoms with Crippen LogP contribution in [0.4, 0.5) is 0 Å². The zero-order valence-corrected chi connectivity index (χ0v) is 20.0. The number of furan rings is 1. The van der Waals surface area contributed by atoms with E-state index in [2.05, 4.69) is 19.9 Å². The Hall–Kier alpha value is -1.96. The number of rotatable bonds is 2. The third-order valence-corrected chi connectivity index (χ3v) is 10.2. The summed E-state index contributed by atoms with van der Waals surface area (Å²) >= 11 is 0. The van der Waals surface area contributed by atoms with Crippen LogP contribution >= 0.6 is 0 Å². The number of carbonyl (C=O) groups is 2. The number of aliphatic hydroxyl groups is 1. The standard InChI is InChI=1S/C26H32O7/c1-7-10-22(4)15-8-11-23(5)18(14-9-12-30-13-14)31-20(29)19-26(23,32-19)24(15,6)16(27)17(28)25(22)21(2,3)33-25/h7,9-10,12-13,15-16,18-19,27H,8,11H2,1-6H3/b10-7+/t15?,16?,18-,19?,22+,23-,24-,25?,26?/m0/s1. The lowest BCUT2D eigenvalue weighted by Crippen LogP contribution is -2.75. The summed E-state index contributed by atoms with van der Waals surface area (Å²) in [4.78, 5) is 27.1. The lowest BCUT2D eigenvalue weighted by molar-refractivity contribution is -0.233. The molecule has 5 aliphatic rings. The molecule has 0 amide bonds. The normalized spacial score (nSPS) is 53.9. The van der Waals surface area contributed by atoms with Crippen molar-refractivity contribution >= 4 is 11.8 Å². The Bertz CT molecular complexity index is 1090. The van der Waals surface area contributed by atoms with Crippen LogP contribution in [0.25, 0.3) is 0 Å². The van der Waals surface area contributed by atoms with Gasteiger partial charge < -0.3 is 23.7 Å². The fraction of sp³-hybridized carbons (Fsp3) is 0.692. The van der Waals surface area contributed by atoms with Gasteiger partial charge in [-0.15, -0.1) is 0 Å². The molecule has 178 valence electrons. The van der Waals surface area contributed by atoms with E-state index in [1.807, 2.05) is 33.8 Å². The Balaban J connectivity index is 1.57. The van der Waals surface area contributed by atoms with Crippen molar-refractivity contribution in [1.82, 2.24) is 0 Å². The van der Waals surface area contributed by atoms with Gasteiger partial charge in [-0.3, -0.25) is 4.79 Å². The highest BCUT2D eigenvalue weighted by Gasteiger charge is 2.92. The maximum absolute atomic E-state index is 14.0. The molecule has 1 aromatic rings. The van der Waals surface area contributed by atoms with Gasteiger partial charge in [0.2, 0.25) is 0 Å². The third-order valence-electron chi connectivity index (χ3n) is 10.2. The average Bonchev–Trinajstić information content (AvgIpc) is 3.56. The topological polar surface area (TPSA) is 102 Å². The van der Waals surface area contributed by atoms with Crippen molar-refractivity contribution in [3.63, 3.8) is 0 Å². The van der Waals surface area contributed by atoms with Crippen molar-refractivity contribution in [2.75, 3.05) is 0 Å². The van der Waals surface area contributed by atoms with E-state index in [4.69, 9.17) is 18.6 Å². The second-order valence-corrected chi connectivity index (χ2v) is 11.7. The van der Waals surface area contributed by atoms with Crippen molar-refractivity contribution in [1.29, 1.82) is 0 Å². The van der Waals surface area contributed by atoms with Crippen molar-refractivity contribution in [3.05, 3.63) is 36.3 Å². The summed E-state index contributed by atoms with van der Waals surface area (Å²) in [5.41, 5.74) is -4.38. The van der Waals surface area contributed by atoms with Crippen molar-refractivity contribution < 1.29 is 33.3 Å². The number of hydrogen-bond acceptors (Lipinski definition) is 7. The molecule has 4 heterocycles. The molecule has 7 nitrogen and oxygen atoms in total. The minimum absolute atomic E-state index is 0.148. The number of Topliss-reactive ketones (excluding diaryl/α,β-unsaturated/α-hetero) is 1. The first-order valence-corrected chi connectivity index (χ1v) is 11.9. The number of carbonyl (C=O) groups excluding carboxylic acids is 2. The molecule has 0 bridgehead atoms. The number of hydrogen-bond donors (Lipinski definition) is 1. The number of allylic oxidation sites excluding steroid dienone is 1. The lowest BCUT2D eigenvalue weighted by Gasteiger charge is -2.65. The Labute approximate surface area is 193 Å². The second kappa shape index (κ2) is 5.81. The summed E-state index contributed by atoms with van der Waals surface area (Å²) in [5, 5.41) is 11.8. The molecule has 6 rings (SSSR count). The van der Waals surface area contributed by atoms with Crippen LogP contribution in [-0.4, -0.2) is 45.9 Å². The number of aliphatic hydroxyl groups excluding tert-OH is 1. The Morgan fingerprint density at radius 3 is 2.39 bits per heavy atom. The Morgan fingerprint density at radius 2 is 1.82 bits per heavy atom. The van der Waals surface area contributed by atoms with Gasteiger partial charge in [0, 0.05) is 21.8 Å². The molecule has 3 aliphatic heterocycles. The first-order valence-electron chi connectivity index (χ1n) is 11.9. The van der Waals surface area contributed by atoms with Gasteiger partial charge >= 0.3 is 5.97 Å². The van der Waals surface area contributed by atoms with Crippen LogP contribution in [0.15, 0.2) is 35.2 Å². The molecule has 33 heavy (non-hydrogen) atoms. The number of ketones is 1. The van der Waals surface area contributed by atoms with Crippen LogP contribution in [0.1, 0.15) is 66.1 Å². The quantitative estimate of drug-likeness (QED) is 0.413. The highest BCUT2D eigenvalue weighted by atomic mass is 16.7. The van der Waals surface area contributed by atoms with Crippen molar-refractivity contribution in [3.8, 4) is 0 Å². The summed E-state index contributed by atoms with van der Waals surface area (Å²) in [6.07, 6.45) is 5.90. The molecule has 3 saturated heterocycles. The van der Waals surface area contributed by atoms with Gasteiger partial charge in [-0.2, -0.15) is 0 Å². The molecule has 1 N–H and O–H groups in total. The maximum atomic E-state index is 14.0. The number of ether oxygens (including phenoxy) is 3. The first-order chi connectivity index (χ1) is 15.4. The van der Waals surface area contributed by atoms with E-state index in [1.54, 1.807) is 18.6 Å². The summed E-state index contributed by atoms with van der Waals surface area (Å²) in [6.45, 7) is 11.8.